The van der Waals surface area contributed by atoms with Crippen LogP contribution < -0.4 is 10.6 Å². The van der Waals surface area contributed by atoms with Crippen LogP contribution in [-0.2, 0) is 11.2 Å². The van der Waals surface area contributed by atoms with E-state index in [2.05, 4.69) is 15.6 Å². The van der Waals surface area contributed by atoms with Crippen molar-refractivity contribution in [1.29, 1.82) is 0 Å². The van der Waals surface area contributed by atoms with Crippen LogP contribution >= 0.6 is 0 Å². The lowest BCUT2D eigenvalue weighted by atomic mass is 10.1. The van der Waals surface area contributed by atoms with Gasteiger partial charge in [-0.25, -0.2) is 4.79 Å². The zero-order chi connectivity index (χ0) is 19.6. The van der Waals surface area contributed by atoms with Crippen molar-refractivity contribution in [2.75, 3.05) is 12.4 Å². The van der Waals surface area contributed by atoms with Gasteiger partial charge in [0.1, 0.15) is 5.69 Å². The normalized spacial score (nSPS) is 13.1. The lowest BCUT2D eigenvalue weighted by molar-refractivity contribution is 0.0598. The average Bonchev–Trinajstić information content (AvgIpc) is 3.41. The molecule has 1 aliphatic rings. The number of carbonyl (C=O) groups is 3. The summed E-state index contributed by atoms with van der Waals surface area (Å²) in [5.41, 5.74) is 3.06. The molecule has 0 radical (unpaired) electrons. The molecule has 3 N–H and O–H groups in total. The first-order valence-corrected chi connectivity index (χ1v) is 8.96. The summed E-state index contributed by atoms with van der Waals surface area (Å²) >= 11 is 0. The van der Waals surface area contributed by atoms with E-state index in [1.807, 2.05) is 6.92 Å². The standard InChI is InChI=1S/C20H23N3O4/c1-4-15-16(20(26)27-3)11(2)17(23-15)19(25)22-13-7-5-12(6-8-13)18(24)21-14-9-10-14/h5-8,14,23H,4,9-10H2,1-3H3,(H,21,24)(H,22,25). The highest BCUT2D eigenvalue weighted by Crippen LogP contribution is 2.22. The topological polar surface area (TPSA) is 100 Å². The third kappa shape index (κ3) is 4.02. The number of aromatic amines is 1. The molecule has 3 rings (SSSR count). The van der Waals surface area contributed by atoms with Crippen LogP contribution in [0.4, 0.5) is 5.69 Å². The number of amides is 2. The summed E-state index contributed by atoms with van der Waals surface area (Å²) in [6.07, 6.45) is 2.63. The minimum absolute atomic E-state index is 0.106. The Morgan fingerprint density at radius 3 is 2.37 bits per heavy atom. The molecule has 7 heteroatoms. The number of H-pyrrole nitrogens is 1. The van der Waals surface area contributed by atoms with Crippen LogP contribution in [0.3, 0.4) is 0 Å². The van der Waals surface area contributed by atoms with E-state index in [1.165, 1.54) is 7.11 Å². The molecule has 1 saturated carbocycles. The molecule has 1 heterocycles. The van der Waals surface area contributed by atoms with Crippen molar-refractivity contribution in [2.24, 2.45) is 0 Å². The minimum atomic E-state index is -0.467. The zero-order valence-electron chi connectivity index (χ0n) is 15.6. The van der Waals surface area contributed by atoms with Gasteiger partial charge in [-0.05, 0) is 56.0 Å². The van der Waals surface area contributed by atoms with Crippen molar-refractivity contribution in [3.63, 3.8) is 0 Å². The van der Waals surface area contributed by atoms with E-state index < -0.39 is 5.97 Å². The molecule has 0 aliphatic heterocycles. The van der Waals surface area contributed by atoms with Gasteiger partial charge in [0, 0.05) is 23.0 Å². The van der Waals surface area contributed by atoms with Crippen molar-refractivity contribution >= 4 is 23.5 Å². The van der Waals surface area contributed by atoms with Crippen molar-refractivity contribution in [1.82, 2.24) is 10.3 Å². The molecule has 2 aromatic rings. The van der Waals surface area contributed by atoms with Gasteiger partial charge >= 0.3 is 5.97 Å². The molecule has 0 unspecified atom stereocenters. The number of hydrogen-bond donors (Lipinski definition) is 3. The number of methoxy groups -OCH3 is 1. The van der Waals surface area contributed by atoms with Crippen molar-refractivity contribution < 1.29 is 19.1 Å². The Balaban J connectivity index is 1.74. The number of benzene rings is 1. The van der Waals surface area contributed by atoms with Gasteiger partial charge in [0.25, 0.3) is 11.8 Å². The summed E-state index contributed by atoms with van der Waals surface area (Å²) in [4.78, 5) is 39.6. The fourth-order valence-electron chi connectivity index (χ4n) is 2.92. The van der Waals surface area contributed by atoms with E-state index in [1.54, 1.807) is 31.2 Å². The fourth-order valence-corrected chi connectivity index (χ4v) is 2.92. The number of esters is 1. The lowest BCUT2D eigenvalue weighted by Crippen LogP contribution is -2.25. The number of aryl methyl sites for hydroxylation is 1. The summed E-state index contributed by atoms with van der Waals surface area (Å²) in [5.74, 6) is -0.927. The first-order valence-electron chi connectivity index (χ1n) is 8.96. The quantitative estimate of drug-likeness (QED) is 0.682. The number of carbonyl (C=O) groups excluding carboxylic acids is 3. The van der Waals surface area contributed by atoms with Crippen molar-refractivity contribution in [2.45, 2.75) is 39.2 Å². The Labute approximate surface area is 157 Å². The molecule has 2 amide bonds. The Hall–Kier alpha value is -3.09. The second-order valence-corrected chi connectivity index (χ2v) is 6.60. The van der Waals surface area contributed by atoms with Crippen molar-refractivity contribution in [3.8, 4) is 0 Å². The Morgan fingerprint density at radius 2 is 1.81 bits per heavy atom. The molecular weight excluding hydrogens is 346 g/mol. The third-order valence-electron chi connectivity index (χ3n) is 4.62. The Kier molecular flexibility index (Phi) is 5.30. The predicted molar refractivity (Wildman–Crippen MR) is 101 cm³/mol. The highest BCUT2D eigenvalue weighted by atomic mass is 16.5. The number of rotatable bonds is 6. The van der Waals surface area contributed by atoms with Gasteiger partial charge < -0.3 is 20.4 Å². The first kappa shape index (κ1) is 18.7. The highest BCUT2D eigenvalue weighted by molar-refractivity contribution is 6.07. The first-order chi connectivity index (χ1) is 12.9. The molecule has 0 spiro atoms. The van der Waals surface area contributed by atoms with Gasteiger partial charge in [-0.15, -0.1) is 0 Å². The largest absolute Gasteiger partial charge is 0.465 e. The summed E-state index contributed by atoms with van der Waals surface area (Å²) < 4.78 is 4.81. The molecule has 0 bridgehead atoms. The number of ether oxygens (including phenoxy) is 1. The molecule has 1 aromatic carbocycles. The number of nitrogens with one attached hydrogen (secondary N) is 3. The monoisotopic (exact) mass is 369 g/mol. The molecule has 27 heavy (non-hydrogen) atoms. The summed E-state index contributed by atoms with van der Waals surface area (Å²) in [7, 11) is 1.31. The number of anilines is 1. The summed E-state index contributed by atoms with van der Waals surface area (Å²) in [5, 5.41) is 5.71. The highest BCUT2D eigenvalue weighted by Gasteiger charge is 2.25. The van der Waals surface area contributed by atoms with Gasteiger partial charge in [-0.2, -0.15) is 0 Å². The molecule has 1 fully saturated rings. The van der Waals surface area contributed by atoms with Crippen LogP contribution in [0, 0.1) is 6.92 Å². The van der Waals surface area contributed by atoms with Crippen LogP contribution in [0.1, 0.15) is 62.2 Å². The summed E-state index contributed by atoms with van der Waals surface area (Å²) in [6.45, 7) is 3.60. The molecular formula is C20H23N3O4. The summed E-state index contributed by atoms with van der Waals surface area (Å²) in [6, 6.07) is 7.00. The van der Waals surface area contributed by atoms with Gasteiger partial charge in [0.15, 0.2) is 0 Å². The van der Waals surface area contributed by atoms with Crippen LogP contribution in [0.15, 0.2) is 24.3 Å². The second kappa shape index (κ2) is 7.65. The average molecular weight is 369 g/mol. The zero-order valence-corrected chi connectivity index (χ0v) is 15.6. The van der Waals surface area contributed by atoms with Gasteiger partial charge in [0.2, 0.25) is 0 Å². The molecule has 0 atom stereocenters. The van der Waals surface area contributed by atoms with E-state index in [9.17, 15) is 14.4 Å². The maximum atomic E-state index is 12.6. The fraction of sp³-hybridized carbons (Fsp3) is 0.350. The van der Waals surface area contributed by atoms with Crippen LogP contribution in [0.2, 0.25) is 0 Å². The van der Waals surface area contributed by atoms with E-state index in [0.717, 1.165) is 12.8 Å². The minimum Gasteiger partial charge on any atom is -0.465 e. The molecule has 1 aromatic heterocycles. The van der Waals surface area contributed by atoms with E-state index >= 15 is 0 Å². The number of aromatic nitrogens is 1. The maximum Gasteiger partial charge on any atom is 0.339 e. The molecule has 7 nitrogen and oxygen atoms in total. The van der Waals surface area contributed by atoms with Gasteiger partial charge in [-0.1, -0.05) is 6.92 Å². The maximum absolute atomic E-state index is 12.6. The van der Waals surface area contributed by atoms with E-state index in [0.29, 0.717) is 46.2 Å². The third-order valence-corrected chi connectivity index (χ3v) is 4.62. The Bertz CT molecular complexity index is 879. The van der Waals surface area contributed by atoms with E-state index in [-0.39, 0.29) is 11.8 Å². The second-order valence-electron chi connectivity index (χ2n) is 6.60. The molecule has 0 saturated heterocycles. The smallest absolute Gasteiger partial charge is 0.339 e. The van der Waals surface area contributed by atoms with Crippen molar-refractivity contribution in [3.05, 3.63) is 52.3 Å². The van der Waals surface area contributed by atoms with Gasteiger partial charge in [-0.3, -0.25) is 9.59 Å². The molecule has 1 aliphatic carbocycles. The van der Waals surface area contributed by atoms with Crippen LogP contribution in [-0.4, -0.2) is 35.9 Å². The van der Waals surface area contributed by atoms with E-state index in [4.69, 9.17) is 4.74 Å². The van der Waals surface area contributed by atoms with Crippen LogP contribution in [0.5, 0.6) is 0 Å². The SMILES string of the molecule is CCc1[nH]c(C(=O)Nc2ccc(C(=O)NC3CC3)cc2)c(C)c1C(=O)OC. The predicted octanol–water partition coefficient (Wildman–Crippen LogP) is 2.82. The number of hydrogen-bond acceptors (Lipinski definition) is 4. The van der Waals surface area contributed by atoms with Crippen LogP contribution in [0.25, 0.3) is 0 Å². The Morgan fingerprint density at radius 1 is 1.15 bits per heavy atom. The van der Waals surface area contributed by atoms with Gasteiger partial charge in [0.05, 0.1) is 12.7 Å². The molecule has 142 valence electrons. The lowest BCUT2D eigenvalue weighted by Gasteiger charge is -2.07.